The van der Waals surface area contributed by atoms with Crippen molar-refractivity contribution in [3.05, 3.63) is 0 Å². The summed E-state index contributed by atoms with van der Waals surface area (Å²) in [5, 5.41) is 6.43. The summed E-state index contributed by atoms with van der Waals surface area (Å²) in [6, 6.07) is 0. The van der Waals surface area contributed by atoms with Crippen molar-refractivity contribution in [2.24, 2.45) is 0 Å². The van der Waals surface area contributed by atoms with Gasteiger partial charge < -0.3 is 10.6 Å². The average Bonchev–Trinajstić information content (AvgIpc) is 2.38. The highest BCUT2D eigenvalue weighted by molar-refractivity contribution is 7.98. The van der Waals surface area contributed by atoms with Crippen molar-refractivity contribution in [1.82, 2.24) is 10.6 Å². The second-order valence-electron chi connectivity index (χ2n) is 5.38. The fourth-order valence-corrected chi connectivity index (χ4v) is 2.86. The number of piperidine rings is 1. The predicted octanol–water partition coefficient (Wildman–Crippen LogP) is 2.56. The number of nitrogens with one attached hydrogen (secondary N) is 2. The molecular weight excluding hydrogens is 244 g/mol. The molecule has 1 saturated heterocycles. The Kier molecular flexibility index (Phi) is 7.75. The summed E-state index contributed by atoms with van der Waals surface area (Å²) in [5.74, 6) is 1.44. The quantitative estimate of drug-likeness (QED) is 0.667. The summed E-state index contributed by atoms with van der Waals surface area (Å²) in [6.07, 6.45) is 10.4. The molecule has 0 aliphatic carbocycles. The number of rotatable bonds is 8. The molecule has 0 saturated carbocycles. The zero-order valence-electron chi connectivity index (χ0n) is 11.9. The Morgan fingerprint density at radius 3 is 2.72 bits per heavy atom. The normalized spacial score (nSPS) is 23.9. The van der Waals surface area contributed by atoms with Gasteiger partial charge in [0.1, 0.15) is 0 Å². The van der Waals surface area contributed by atoms with Gasteiger partial charge in [0.05, 0.1) is 5.54 Å². The van der Waals surface area contributed by atoms with Crippen LogP contribution in [0.25, 0.3) is 0 Å². The molecule has 4 heteroatoms. The third kappa shape index (κ3) is 5.61. The van der Waals surface area contributed by atoms with Crippen LogP contribution in [0.15, 0.2) is 0 Å². The highest BCUT2D eigenvalue weighted by atomic mass is 32.2. The van der Waals surface area contributed by atoms with Crippen LogP contribution in [0.1, 0.15) is 51.9 Å². The lowest BCUT2D eigenvalue weighted by molar-refractivity contribution is -0.127. The summed E-state index contributed by atoms with van der Waals surface area (Å²) >= 11 is 1.91. The number of unbranched alkanes of at least 4 members (excludes halogenated alkanes) is 3. The molecule has 1 heterocycles. The van der Waals surface area contributed by atoms with Crippen molar-refractivity contribution in [3.63, 3.8) is 0 Å². The molecule has 0 spiro atoms. The monoisotopic (exact) mass is 272 g/mol. The second kappa shape index (κ2) is 8.81. The van der Waals surface area contributed by atoms with E-state index in [1.165, 1.54) is 31.4 Å². The highest BCUT2D eigenvalue weighted by Crippen LogP contribution is 2.18. The second-order valence-corrected chi connectivity index (χ2v) is 6.36. The number of amides is 1. The maximum Gasteiger partial charge on any atom is 0.240 e. The van der Waals surface area contributed by atoms with Crippen molar-refractivity contribution in [2.45, 2.75) is 57.4 Å². The Hall–Kier alpha value is -0.220. The molecule has 0 aromatic carbocycles. The minimum atomic E-state index is -0.322. The van der Waals surface area contributed by atoms with Crippen LogP contribution < -0.4 is 10.6 Å². The first kappa shape index (κ1) is 15.8. The maximum atomic E-state index is 12.1. The first-order chi connectivity index (χ1) is 8.69. The number of thioether (sulfide) groups is 1. The highest BCUT2D eigenvalue weighted by Gasteiger charge is 2.33. The third-order valence-electron chi connectivity index (χ3n) is 3.68. The number of carbonyl (C=O) groups is 1. The van der Waals surface area contributed by atoms with Crippen molar-refractivity contribution in [1.29, 1.82) is 0 Å². The van der Waals surface area contributed by atoms with E-state index in [1.807, 2.05) is 18.7 Å². The van der Waals surface area contributed by atoms with E-state index in [0.717, 1.165) is 32.4 Å². The summed E-state index contributed by atoms with van der Waals surface area (Å²) in [7, 11) is 0. The van der Waals surface area contributed by atoms with Crippen LogP contribution in [0.5, 0.6) is 0 Å². The van der Waals surface area contributed by atoms with Crippen LogP contribution in [0.4, 0.5) is 0 Å². The van der Waals surface area contributed by atoms with Gasteiger partial charge in [-0.05, 0) is 57.6 Å². The van der Waals surface area contributed by atoms with Gasteiger partial charge in [0.2, 0.25) is 5.91 Å². The van der Waals surface area contributed by atoms with Crippen molar-refractivity contribution in [3.8, 4) is 0 Å². The van der Waals surface area contributed by atoms with Gasteiger partial charge >= 0.3 is 0 Å². The molecule has 0 radical (unpaired) electrons. The molecular formula is C14H28N2OS. The van der Waals surface area contributed by atoms with Crippen molar-refractivity contribution < 1.29 is 4.79 Å². The van der Waals surface area contributed by atoms with Gasteiger partial charge in [-0.1, -0.05) is 12.8 Å². The number of hydrogen-bond donors (Lipinski definition) is 2. The van der Waals surface area contributed by atoms with Gasteiger partial charge in [0.25, 0.3) is 0 Å². The van der Waals surface area contributed by atoms with Gasteiger partial charge in [0, 0.05) is 6.54 Å². The Morgan fingerprint density at radius 2 is 2.06 bits per heavy atom. The van der Waals surface area contributed by atoms with E-state index in [2.05, 4.69) is 16.9 Å². The van der Waals surface area contributed by atoms with Gasteiger partial charge in [0.15, 0.2) is 0 Å². The van der Waals surface area contributed by atoms with Crippen molar-refractivity contribution in [2.75, 3.05) is 25.1 Å². The van der Waals surface area contributed by atoms with E-state index in [9.17, 15) is 4.79 Å². The van der Waals surface area contributed by atoms with E-state index < -0.39 is 0 Å². The molecule has 1 unspecified atom stereocenters. The average molecular weight is 272 g/mol. The lowest BCUT2D eigenvalue weighted by Crippen LogP contribution is -2.57. The minimum Gasteiger partial charge on any atom is -0.355 e. The lowest BCUT2D eigenvalue weighted by Gasteiger charge is -2.33. The topological polar surface area (TPSA) is 41.1 Å². The molecule has 1 amide bonds. The molecule has 1 aliphatic rings. The maximum absolute atomic E-state index is 12.1. The van der Waals surface area contributed by atoms with Crippen LogP contribution >= 0.6 is 11.8 Å². The summed E-state index contributed by atoms with van der Waals surface area (Å²) in [4.78, 5) is 12.1. The molecule has 18 heavy (non-hydrogen) atoms. The Balaban J connectivity index is 2.05. The molecule has 1 aliphatic heterocycles. The summed E-state index contributed by atoms with van der Waals surface area (Å²) < 4.78 is 0. The SMILES string of the molecule is CSCCCCCCNC(=O)C1(C)CCCCN1. The Labute approximate surface area is 116 Å². The van der Waals surface area contributed by atoms with E-state index >= 15 is 0 Å². The zero-order valence-corrected chi connectivity index (χ0v) is 12.7. The van der Waals surface area contributed by atoms with Gasteiger partial charge in [-0.3, -0.25) is 4.79 Å². The fraction of sp³-hybridized carbons (Fsp3) is 0.929. The largest absolute Gasteiger partial charge is 0.355 e. The van der Waals surface area contributed by atoms with Crippen LogP contribution in [0.2, 0.25) is 0 Å². The van der Waals surface area contributed by atoms with E-state index in [-0.39, 0.29) is 11.4 Å². The molecule has 1 atom stereocenters. The van der Waals surface area contributed by atoms with Crippen LogP contribution in [-0.2, 0) is 4.79 Å². The van der Waals surface area contributed by atoms with Gasteiger partial charge in [-0.15, -0.1) is 0 Å². The van der Waals surface area contributed by atoms with Gasteiger partial charge in [-0.2, -0.15) is 11.8 Å². The van der Waals surface area contributed by atoms with Crippen molar-refractivity contribution >= 4 is 17.7 Å². The lowest BCUT2D eigenvalue weighted by atomic mass is 9.90. The Bertz CT molecular complexity index is 240. The predicted molar refractivity (Wildman–Crippen MR) is 80.1 cm³/mol. The molecule has 0 aromatic rings. The van der Waals surface area contributed by atoms with Crippen LogP contribution in [-0.4, -0.2) is 36.5 Å². The minimum absolute atomic E-state index is 0.186. The molecule has 106 valence electrons. The van der Waals surface area contributed by atoms with Gasteiger partial charge in [-0.25, -0.2) is 0 Å². The first-order valence-electron chi connectivity index (χ1n) is 7.21. The van der Waals surface area contributed by atoms with E-state index in [1.54, 1.807) is 0 Å². The number of carbonyl (C=O) groups excluding carboxylic acids is 1. The Morgan fingerprint density at radius 1 is 1.28 bits per heavy atom. The molecule has 1 fully saturated rings. The summed E-state index contributed by atoms with van der Waals surface area (Å²) in [6.45, 7) is 3.83. The zero-order chi connectivity index (χ0) is 13.3. The molecule has 2 N–H and O–H groups in total. The third-order valence-corrected chi connectivity index (χ3v) is 4.38. The smallest absolute Gasteiger partial charge is 0.240 e. The van der Waals surface area contributed by atoms with Crippen LogP contribution in [0.3, 0.4) is 0 Å². The molecule has 3 nitrogen and oxygen atoms in total. The standard InChI is InChI=1S/C14H28N2OS/c1-14(9-5-7-11-16-14)13(17)15-10-6-3-4-8-12-18-2/h16H,3-12H2,1-2H3,(H,15,17). The molecule has 1 rings (SSSR count). The fourth-order valence-electron chi connectivity index (χ4n) is 2.37. The summed E-state index contributed by atoms with van der Waals surface area (Å²) in [5.41, 5.74) is -0.322. The molecule has 0 bridgehead atoms. The first-order valence-corrected chi connectivity index (χ1v) is 8.61. The van der Waals surface area contributed by atoms with E-state index in [4.69, 9.17) is 0 Å². The molecule has 0 aromatic heterocycles. The van der Waals surface area contributed by atoms with E-state index in [0.29, 0.717) is 0 Å². The van der Waals surface area contributed by atoms with Crippen LogP contribution in [0, 0.1) is 0 Å². The number of hydrogen-bond acceptors (Lipinski definition) is 3.